The molecule has 0 bridgehead atoms. The van der Waals surface area contributed by atoms with E-state index in [0.29, 0.717) is 11.3 Å². The summed E-state index contributed by atoms with van der Waals surface area (Å²) >= 11 is 0. The highest BCUT2D eigenvalue weighted by Crippen LogP contribution is 2.22. The fourth-order valence-electron chi connectivity index (χ4n) is 1.85. The van der Waals surface area contributed by atoms with Gasteiger partial charge in [-0.15, -0.1) is 0 Å². The number of nitro benzene ring substituents is 1. The number of methoxy groups -OCH3 is 1. The first kappa shape index (κ1) is 15.1. The molecule has 0 aromatic heterocycles. The second-order valence-electron chi connectivity index (χ2n) is 4.34. The molecule has 2 rings (SSSR count). The zero-order valence-electron chi connectivity index (χ0n) is 11.8. The number of hydrogen-bond donors (Lipinski definition) is 1. The fourth-order valence-corrected chi connectivity index (χ4v) is 1.85. The lowest BCUT2D eigenvalue weighted by atomic mass is 10.1. The molecular weight excluding hydrogens is 282 g/mol. The number of ether oxygens (including phenoxy) is 1. The van der Waals surface area contributed by atoms with Crippen molar-refractivity contribution in [3.05, 3.63) is 70.3 Å². The highest BCUT2D eigenvalue weighted by molar-refractivity contribution is 5.78. The van der Waals surface area contributed by atoms with E-state index in [0.717, 1.165) is 11.4 Å². The molecular formula is C16H13N3O3. The van der Waals surface area contributed by atoms with Crippen molar-refractivity contribution in [1.29, 1.82) is 5.26 Å². The van der Waals surface area contributed by atoms with E-state index < -0.39 is 4.92 Å². The first-order valence-electron chi connectivity index (χ1n) is 6.39. The number of allylic oxidation sites excluding steroid dienone is 1. The molecule has 6 heteroatoms. The summed E-state index contributed by atoms with van der Waals surface area (Å²) in [5.74, 6) is 0.728. The van der Waals surface area contributed by atoms with E-state index >= 15 is 0 Å². The molecule has 2 aromatic rings. The lowest BCUT2D eigenvalue weighted by Gasteiger charge is -2.11. The van der Waals surface area contributed by atoms with Gasteiger partial charge in [0.1, 0.15) is 5.75 Å². The summed E-state index contributed by atoms with van der Waals surface area (Å²) in [6.07, 6.45) is 1.35. The van der Waals surface area contributed by atoms with Crippen LogP contribution in [0.3, 0.4) is 0 Å². The Bertz CT molecular complexity index is 729. The topological polar surface area (TPSA) is 88.2 Å². The number of nitrogens with zero attached hydrogens (tertiary/aromatic N) is 2. The zero-order chi connectivity index (χ0) is 15.9. The molecule has 0 saturated heterocycles. The lowest BCUT2D eigenvalue weighted by molar-refractivity contribution is -0.384. The van der Waals surface area contributed by atoms with Gasteiger partial charge in [0.25, 0.3) is 5.69 Å². The Hall–Kier alpha value is -3.33. The number of nitriles is 1. The number of non-ortho nitro benzene ring substituents is 1. The minimum absolute atomic E-state index is 0.00417. The second kappa shape index (κ2) is 6.90. The first-order valence-corrected chi connectivity index (χ1v) is 6.39. The van der Waals surface area contributed by atoms with Gasteiger partial charge in [0.2, 0.25) is 0 Å². The van der Waals surface area contributed by atoms with Crippen LogP contribution in [0, 0.1) is 21.4 Å². The predicted molar refractivity (Wildman–Crippen MR) is 83.3 cm³/mol. The standard InChI is InChI=1S/C16H13N3O3/c1-22-15-8-4-13(5-9-15)18-16(10-11-17)12-2-6-14(7-3-12)19(20)21/h2-10,18H,1H3/b16-10+. The molecule has 0 heterocycles. The Morgan fingerprint density at radius 1 is 1.23 bits per heavy atom. The van der Waals surface area contributed by atoms with Crippen molar-refractivity contribution in [3.8, 4) is 11.8 Å². The van der Waals surface area contributed by atoms with Crippen molar-refractivity contribution >= 4 is 17.1 Å². The number of benzene rings is 2. The molecule has 0 aliphatic carbocycles. The molecule has 0 saturated carbocycles. The minimum Gasteiger partial charge on any atom is -0.497 e. The molecule has 0 aliphatic rings. The van der Waals surface area contributed by atoms with Gasteiger partial charge in [-0.1, -0.05) is 0 Å². The molecule has 0 amide bonds. The summed E-state index contributed by atoms with van der Waals surface area (Å²) in [7, 11) is 1.58. The fraction of sp³-hybridized carbons (Fsp3) is 0.0625. The summed E-state index contributed by atoms with van der Waals surface area (Å²) in [5.41, 5.74) is 2.02. The molecule has 0 aliphatic heterocycles. The average Bonchev–Trinajstić information content (AvgIpc) is 2.55. The maximum absolute atomic E-state index is 10.7. The van der Waals surface area contributed by atoms with E-state index in [2.05, 4.69) is 5.32 Å². The molecule has 2 aromatic carbocycles. The molecule has 0 radical (unpaired) electrons. The van der Waals surface area contributed by atoms with E-state index in [4.69, 9.17) is 10.00 Å². The van der Waals surface area contributed by atoms with Gasteiger partial charge in [-0.25, -0.2) is 0 Å². The number of nitro groups is 1. The highest BCUT2D eigenvalue weighted by Gasteiger charge is 2.07. The molecule has 0 atom stereocenters. The van der Waals surface area contributed by atoms with Crippen LogP contribution in [0.5, 0.6) is 5.75 Å². The van der Waals surface area contributed by atoms with Crippen LogP contribution in [0.1, 0.15) is 5.56 Å². The number of anilines is 1. The molecule has 0 fully saturated rings. The van der Waals surface area contributed by atoms with Crippen molar-refractivity contribution in [2.45, 2.75) is 0 Å². The van der Waals surface area contributed by atoms with Crippen molar-refractivity contribution in [3.63, 3.8) is 0 Å². The monoisotopic (exact) mass is 295 g/mol. The van der Waals surface area contributed by atoms with Crippen LogP contribution in [0.4, 0.5) is 11.4 Å². The molecule has 22 heavy (non-hydrogen) atoms. The van der Waals surface area contributed by atoms with E-state index in [1.807, 2.05) is 18.2 Å². The maximum atomic E-state index is 10.7. The van der Waals surface area contributed by atoms with E-state index in [9.17, 15) is 10.1 Å². The van der Waals surface area contributed by atoms with Gasteiger partial charge in [-0.05, 0) is 42.0 Å². The van der Waals surface area contributed by atoms with Gasteiger partial charge < -0.3 is 10.1 Å². The zero-order valence-corrected chi connectivity index (χ0v) is 11.8. The summed E-state index contributed by atoms with van der Waals surface area (Å²) in [6, 6.07) is 15.2. The molecule has 1 N–H and O–H groups in total. The molecule has 6 nitrogen and oxygen atoms in total. The Balaban J connectivity index is 2.24. The minimum atomic E-state index is -0.464. The van der Waals surface area contributed by atoms with Gasteiger partial charge in [0.05, 0.1) is 23.8 Å². The van der Waals surface area contributed by atoms with Crippen LogP contribution in [-0.2, 0) is 0 Å². The predicted octanol–water partition coefficient (Wildman–Crippen LogP) is 3.58. The smallest absolute Gasteiger partial charge is 0.269 e. The molecule has 0 spiro atoms. The van der Waals surface area contributed by atoms with Crippen molar-refractivity contribution in [2.24, 2.45) is 0 Å². The van der Waals surface area contributed by atoms with Crippen LogP contribution in [0.15, 0.2) is 54.6 Å². The van der Waals surface area contributed by atoms with Crippen LogP contribution < -0.4 is 10.1 Å². The first-order chi connectivity index (χ1) is 10.6. The van der Waals surface area contributed by atoms with Crippen molar-refractivity contribution < 1.29 is 9.66 Å². The summed E-state index contributed by atoms with van der Waals surface area (Å²) in [4.78, 5) is 10.2. The van der Waals surface area contributed by atoms with Crippen LogP contribution in [0.25, 0.3) is 5.70 Å². The van der Waals surface area contributed by atoms with Gasteiger partial charge in [0, 0.05) is 23.9 Å². The van der Waals surface area contributed by atoms with Gasteiger partial charge in [-0.2, -0.15) is 5.26 Å². The summed E-state index contributed by atoms with van der Waals surface area (Å²) in [6.45, 7) is 0. The van der Waals surface area contributed by atoms with Crippen LogP contribution in [-0.4, -0.2) is 12.0 Å². The second-order valence-corrected chi connectivity index (χ2v) is 4.34. The Labute approximate surface area is 127 Å². The lowest BCUT2D eigenvalue weighted by Crippen LogP contribution is -1.99. The number of hydrogen-bond acceptors (Lipinski definition) is 5. The third kappa shape index (κ3) is 3.61. The third-order valence-corrected chi connectivity index (χ3v) is 2.97. The maximum Gasteiger partial charge on any atom is 0.269 e. The Morgan fingerprint density at radius 2 is 1.86 bits per heavy atom. The quantitative estimate of drug-likeness (QED) is 0.517. The Kier molecular flexibility index (Phi) is 4.73. The highest BCUT2D eigenvalue weighted by atomic mass is 16.6. The van der Waals surface area contributed by atoms with Gasteiger partial charge in [0.15, 0.2) is 0 Å². The molecule has 0 unspecified atom stereocenters. The van der Waals surface area contributed by atoms with Gasteiger partial charge >= 0.3 is 0 Å². The third-order valence-electron chi connectivity index (χ3n) is 2.97. The Morgan fingerprint density at radius 3 is 2.36 bits per heavy atom. The van der Waals surface area contributed by atoms with E-state index in [1.54, 1.807) is 31.4 Å². The summed E-state index contributed by atoms with van der Waals surface area (Å²) in [5, 5.41) is 22.7. The number of rotatable bonds is 5. The normalized spacial score (nSPS) is 10.6. The SMILES string of the molecule is COc1ccc(N/C(=C/C#N)c2ccc([N+](=O)[O-])cc2)cc1. The molecule has 110 valence electrons. The summed E-state index contributed by atoms with van der Waals surface area (Å²) < 4.78 is 5.08. The van der Waals surface area contributed by atoms with Crippen molar-refractivity contribution in [1.82, 2.24) is 0 Å². The van der Waals surface area contributed by atoms with Crippen LogP contribution >= 0.6 is 0 Å². The average molecular weight is 295 g/mol. The van der Waals surface area contributed by atoms with Gasteiger partial charge in [-0.3, -0.25) is 10.1 Å². The van der Waals surface area contributed by atoms with Crippen molar-refractivity contribution in [2.75, 3.05) is 12.4 Å². The van der Waals surface area contributed by atoms with E-state index in [1.165, 1.54) is 18.2 Å². The van der Waals surface area contributed by atoms with Crippen LogP contribution in [0.2, 0.25) is 0 Å². The largest absolute Gasteiger partial charge is 0.497 e. The number of nitrogens with one attached hydrogen (secondary N) is 1. The van der Waals surface area contributed by atoms with E-state index in [-0.39, 0.29) is 5.69 Å².